The van der Waals surface area contributed by atoms with E-state index in [9.17, 15) is 0 Å². The van der Waals surface area contributed by atoms with Gasteiger partial charge in [0.05, 0.1) is 0 Å². The van der Waals surface area contributed by atoms with Gasteiger partial charge in [0.1, 0.15) is 0 Å². The first-order valence-electron chi connectivity index (χ1n) is 7.16. The van der Waals surface area contributed by atoms with Crippen LogP contribution in [0.1, 0.15) is 12.5 Å². The molecule has 3 aromatic carbocycles. The van der Waals surface area contributed by atoms with E-state index < -0.39 is 0 Å². The first-order chi connectivity index (χ1) is 10.2. The Bertz CT molecular complexity index is 750. The molecule has 21 heavy (non-hydrogen) atoms. The summed E-state index contributed by atoms with van der Waals surface area (Å²) in [5.41, 5.74) is 7.25. The molecule has 0 spiro atoms. The smallest absolute Gasteiger partial charge is 0.0178 e. The van der Waals surface area contributed by atoms with Crippen LogP contribution in [0.2, 0.25) is 0 Å². The van der Waals surface area contributed by atoms with Gasteiger partial charge in [-0.1, -0.05) is 84.9 Å². The summed E-state index contributed by atoms with van der Waals surface area (Å²) in [5.74, 6) is 0. The molecule has 0 unspecified atom stereocenters. The van der Waals surface area contributed by atoms with Gasteiger partial charge in [-0.15, -0.1) is 0 Å². The third-order valence-electron chi connectivity index (χ3n) is 3.68. The van der Waals surface area contributed by atoms with Crippen LogP contribution in [0, 0.1) is 0 Å². The summed E-state index contributed by atoms with van der Waals surface area (Å²) in [6, 6.07) is 27.7. The van der Waals surface area contributed by atoms with Crippen molar-refractivity contribution in [3.05, 3.63) is 91.0 Å². The van der Waals surface area contributed by atoms with Crippen molar-refractivity contribution in [1.82, 2.24) is 0 Å². The van der Waals surface area contributed by atoms with Crippen LogP contribution >= 0.6 is 0 Å². The molecular weight excluding hydrogens is 252 g/mol. The van der Waals surface area contributed by atoms with E-state index >= 15 is 0 Å². The maximum absolute atomic E-state index is 4.01. The van der Waals surface area contributed by atoms with Gasteiger partial charge in [-0.25, -0.2) is 0 Å². The lowest BCUT2D eigenvalue weighted by atomic mass is 9.98. The summed E-state index contributed by atoms with van der Waals surface area (Å²) >= 11 is 0. The fraction of sp³-hybridized carbons (Fsp3) is 0.0476. The molecule has 0 aliphatic heterocycles. The molecule has 102 valence electrons. The fourth-order valence-electron chi connectivity index (χ4n) is 2.45. The molecule has 0 bridgehead atoms. The van der Waals surface area contributed by atoms with Crippen molar-refractivity contribution in [2.24, 2.45) is 0 Å². The Morgan fingerprint density at radius 1 is 0.619 bits per heavy atom. The predicted octanol–water partition coefficient (Wildman–Crippen LogP) is 6.05. The highest BCUT2D eigenvalue weighted by atomic mass is 14.1. The summed E-state index contributed by atoms with van der Waals surface area (Å²) < 4.78 is 0. The van der Waals surface area contributed by atoms with Gasteiger partial charge < -0.3 is 0 Å². The molecule has 0 aliphatic rings. The van der Waals surface area contributed by atoms with Gasteiger partial charge in [-0.2, -0.15) is 0 Å². The van der Waals surface area contributed by atoms with Gasteiger partial charge in [0, 0.05) is 0 Å². The molecule has 0 aliphatic carbocycles. The summed E-state index contributed by atoms with van der Waals surface area (Å²) in [4.78, 5) is 0. The molecule has 3 aromatic rings. The molecular formula is C21H18. The lowest BCUT2D eigenvalue weighted by Gasteiger charge is -2.07. The van der Waals surface area contributed by atoms with E-state index in [1.165, 1.54) is 27.8 Å². The summed E-state index contributed by atoms with van der Waals surface area (Å²) in [6.07, 6.45) is 0. The van der Waals surface area contributed by atoms with Crippen LogP contribution in [0.4, 0.5) is 0 Å². The third kappa shape index (κ3) is 2.95. The van der Waals surface area contributed by atoms with E-state index in [0.717, 1.165) is 5.57 Å². The second kappa shape index (κ2) is 5.80. The Kier molecular flexibility index (Phi) is 3.70. The van der Waals surface area contributed by atoms with E-state index in [4.69, 9.17) is 0 Å². The largest absolute Gasteiger partial charge is 0.0955 e. The topological polar surface area (TPSA) is 0 Å². The van der Waals surface area contributed by atoms with Crippen molar-refractivity contribution in [1.29, 1.82) is 0 Å². The van der Waals surface area contributed by atoms with Gasteiger partial charge in [-0.05, 0) is 40.8 Å². The van der Waals surface area contributed by atoms with E-state index in [-0.39, 0.29) is 0 Å². The molecule has 0 atom stereocenters. The zero-order valence-corrected chi connectivity index (χ0v) is 12.2. The SMILES string of the molecule is C=C(C)c1cccc(-c2ccc(-c3ccccc3)cc2)c1. The summed E-state index contributed by atoms with van der Waals surface area (Å²) in [5, 5.41) is 0. The van der Waals surface area contributed by atoms with E-state index in [1.807, 2.05) is 13.0 Å². The minimum absolute atomic E-state index is 1.10. The van der Waals surface area contributed by atoms with Gasteiger partial charge in [0.2, 0.25) is 0 Å². The Morgan fingerprint density at radius 3 is 1.76 bits per heavy atom. The summed E-state index contributed by atoms with van der Waals surface area (Å²) in [6.45, 7) is 6.05. The molecule has 0 aromatic heterocycles. The average molecular weight is 270 g/mol. The minimum Gasteiger partial charge on any atom is -0.0955 e. The van der Waals surface area contributed by atoms with Crippen LogP contribution in [0.25, 0.3) is 27.8 Å². The van der Waals surface area contributed by atoms with Crippen molar-refractivity contribution in [2.75, 3.05) is 0 Å². The quantitative estimate of drug-likeness (QED) is 0.543. The lowest BCUT2D eigenvalue weighted by Crippen LogP contribution is -1.83. The van der Waals surface area contributed by atoms with Crippen LogP contribution < -0.4 is 0 Å². The third-order valence-corrected chi connectivity index (χ3v) is 3.68. The number of hydrogen-bond donors (Lipinski definition) is 0. The predicted molar refractivity (Wildman–Crippen MR) is 92.0 cm³/mol. The number of hydrogen-bond acceptors (Lipinski definition) is 0. The van der Waals surface area contributed by atoms with Crippen LogP contribution in [0.15, 0.2) is 85.4 Å². The normalized spacial score (nSPS) is 10.3. The van der Waals surface area contributed by atoms with Crippen LogP contribution in [0.3, 0.4) is 0 Å². The second-order valence-electron chi connectivity index (χ2n) is 5.30. The molecule has 0 saturated heterocycles. The van der Waals surface area contributed by atoms with Gasteiger partial charge >= 0.3 is 0 Å². The Hall–Kier alpha value is -2.60. The number of allylic oxidation sites excluding steroid dienone is 1. The maximum Gasteiger partial charge on any atom is -0.0178 e. The Balaban J connectivity index is 1.94. The zero-order chi connectivity index (χ0) is 14.7. The minimum atomic E-state index is 1.10. The molecule has 0 amide bonds. The van der Waals surface area contributed by atoms with Crippen molar-refractivity contribution >= 4 is 5.57 Å². The van der Waals surface area contributed by atoms with Gasteiger partial charge in [0.25, 0.3) is 0 Å². The average Bonchev–Trinajstić information content (AvgIpc) is 2.56. The zero-order valence-electron chi connectivity index (χ0n) is 12.2. The highest BCUT2D eigenvalue weighted by Gasteiger charge is 2.01. The monoisotopic (exact) mass is 270 g/mol. The highest BCUT2D eigenvalue weighted by Crippen LogP contribution is 2.26. The molecule has 0 nitrogen and oxygen atoms in total. The maximum atomic E-state index is 4.01. The molecule has 0 heterocycles. The van der Waals surface area contributed by atoms with Crippen molar-refractivity contribution in [3.63, 3.8) is 0 Å². The highest BCUT2D eigenvalue weighted by molar-refractivity contribution is 5.73. The molecule has 0 saturated carbocycles. The fourth-order valence-corrected chi connectivity index (χ4v) is 2.45. The van der Waals surface area contributed by atoms with Crippen LogP contribution in [0.5, 0.6) is 0 Å². The second-order valence-corrected chi connectivity index (χ2v) is 5.30. The van der Waals surface area contributed by atoms with Crippen molar-refractivity contribution in [3.8, 4) is 22.3 Å². The van der Waals surface area contributed by atoms with E-state index in [0.29, 0.717) is 0 Å². The number of rotatable bonds is 3. The molecule has 0 radical (unpaired) electrons. The van der Waals surface area contributed by atoms with Gasteiger partial charge in [-0.3, -0.25) is 0 Å². The van der Waals surface area contributed by atoms with Gasteiger partial charge in [0.15, 0.2) is 0 Å². The van der Waals surface area contributed by atoms with E-state index in [2.05, 4.69) is 79.4 Å². The Morgan fingerprint density at radius 2 is 1.14 bits per heavy atom. The Labute approximate surface area is 126 Å². The molecule has 3 rings (SSSR count). The first kappa shape index (κ1) is 13.4. The lowest BCUT2D eigenvalue weighted by molar-refractivity contribution is 1.55. The first-order valence-corrected chi connectivity index (χ1v) is 7.16. The van der Waals surface area contributed by atoms with Crippen molar-refractivity contribution < 1.29 is 0 Å². The van der Waals surface area contributed by atoms with Crippen LogP contribution in [-0.4, -0.2) is 0 Å². The molecule has 0 heteroatoms. The number of benzene rings is 3. The van der Waals surface area contributed by atoms with Crippen LogP contribution in [-0.2, 0) is 0 Å². The summed E-state index contributed by atoms with van der Waals surface area (Å²) in [7, 11) is 0. The van der Waals surface area contributed by atoms with E-state index in [1.54, 1.807) is 0 Å². The molecule has 0 fully saturated rings. The molecule has 0 N–H and O–H groups in total. The van der Waals surface area contributed by atoms with Crippen molar-refractivity contribution in [2.45, 2.75) is 6.92 Å². The standard InChI is InChI=1S/C21H18/c1-16(2)20-9-6-10-21(15-20)19-13-11-18(12-14-19)17-7-4-3-5-8-17/h3-15H,1H2,2H3.